The maximum atomic E-state index is 12.3. The predicted octanol–water partition coefficient (Wildman–Crippen LogP) is 1.78. The van der Waals surface area contributed by atoms with Crippen LogP contribution in [0.5, 0.6) is 0 Å². The predicted molar refractivity (Wildman–Crippen MR) is 89.3 cm³/mol. The molecule has 1 amide bonds. The number of hydrogen-bond acceptors (Lipinski definition) is 6. The lowest BCUT2D eigenvalue weighted by molar-refractivity contribution is -0.121. The first kappa shape index (κ1) is 17.1. The third-order valence-electron chi connectivity index (χ3n) is 4.22. The van der Waals surface area contributed by atoms with Gasteiger partial charge in [-0.3, -0.25) is 4.79 Å². The zero-order valence-corrected chi connectivity index (χ0v) is 15.3. The highest BCUT2D eigenvalue weighted by molar-refractivity contribution is 7.89. The molecule has 0 aliphatic carbocycles. The van der Waals surface area contributed by atoms with Gasteiger partial charge in [-0.2, -0.15) is 4.31 Å². The molecule has 0 aromatic carbocycles. The zero-order chi connectivity index (χ0) is 17.5. The lowest BCUT2D eigenvalue weighted by Crippen LogP contribution is -2.42. The molecular weight excluding hydrogens is 350 g/mol. The summed E-state index contributed by atoms with van der Waals surface area (Å²) >= 11 is 1.35. The van der Waals surface area contributed by atoms with E-state index in [0.29, 0.717) is 17.7 Å². The zero-order valence-electron chi connectivity index (χ0n) is 13.7. The number of sulfonamides is 1. The molecule has 0 unspecified atom stereocenters. The Morgan fingerprint density at radius 3 is 2.92 bits per heavy atom. The molecule has 0 spiro atoms. The Morgan fingerprint density at radius 1 is 1.50 bits per heavy atom. The van der Waals surface area contributed by atoms with Crippen molar-refractivity contribution in [3.63, 3.8) is 0 Å². The number of carbonyl (C=O) groups is 1. The minimum atomic E-state index is -3.43. The number of rotatable bonds is 4. The summed E-state index contributed by atoms with van der Waals surface area (Å²) in [6.07, 6.45) is 0.849. The molecule has 0 radical (unpaired) electrons. The van der Waals surface area contributed by atoms with Crippen LogP contribution < -0.4 is 5.32 Å². The Bertz CT molecular complexity index is 850. The first-order valence-electron chi connectivity index (χ1n) is 7.55. The SMILES string of the molecule is Cc1noc(C)c1CCC(=O)N[C@@H]1CN(C)S(=O)(=O)c2ccsc21. The Balaban J connectivity index is 1.69. The van der Waals surface area contributed by atoms with Crippen molar-refractivity contribution in [2.24, 2.45) is 0 Å². The molecule has 7 nitrogen and oxygen atoms in total. The molecule has 2 aromatic heterocycles. The number of aromatic nitrogens is 1. The maximum absolute atomic E-state index is 12.3. The summed E-state index contributed by atoms with van der Waals surface area (Å²) in [5.74, 6) is 0.608. The fourth-order valence-corrected chi connectivity index (χ4v) is 5.55. The van der Waals surface area contributed by atoms with E-state index in [1.165, 1.54) is 22.7 Å². The molecule has 1 aliphatic heterocycles. The number of nitrogens with one attached hydrogen (secondary N) is 1. The molecule has 3 heterocycles. The smallest absolute Gasteiger partial charge is 0.244 e. The number of fused-ring (bicyclic) bond motifs is 1. The summed E-state index contributed by atoms with van der Waals surface area (Å²) in [5, 5.41) is 8.57. The minimum Gasteiger partial charge on any atom is -0.361 e. The van der Waals surface area contributed by atoms with Crippen molar-refractivity contribution in [2.75, 3.05) is 13.6 Å². The van der Waals surface area contributed by atoms with Crippen LogP contribution in [0, 0.1) is 13.8 Å². The van der Waals surface area contributed by atoms with Gasteiger partial charge in [0.05, 0.1) is 16.6 Å². The fraction of sp³-hybridized carbons (Fsp3) is 0.467. The minimum absolute atomic E-state index is 0.118. The van der Waals surface area contributed by atoms with Crippen LogP contribution >= 0.6 is 11.3 Å². The van der Waals surface area contributed by atoms with Crippen molar-refractivity contribution in [2.45, 2.75) is 37.6 Å². The van der Waals surface area contributed by atoms with E-state index >= 15 is 0 Å². The standard InChI is InChI=1S/C15H19N3O4S2/c1-9-11(10(2)22-17-9)4-5-14(19)16-12-8-18(3)24(20,21)13-6-7-23-15(12)13/h6-7,12H,4-5,8H2,1-3H3,(H,16,19)/t12-/m1/s1. The third kappa shape index (κ3) is 2.99. The summed E-state index contributed by atoms with van der Waals surface area (Å²) < 4.78 is 30.9. The number of thiophene rings is 1. The first-order valence-corrected chi connectivity index (χ1v) is 9.87. The van der Waals surface area contributed by atoms with Crippen LogP contribution in [0.3, 0.4) is 0 Å². The Morgan fingerprint density at radius 2 is 2.25 bits per heavy atom. The van der Waals surface area contributed by atoms with Gasteiger partial charge in [0.1, 0.15) is 5.76 Å². The van der Waals surface area contributed by atoms with Gasteiger partial charge < -0.3 is 9.84 Å². The van der Waals surface area contributed by atoms with Crippen molar-refractivity contribution in [3.05, 3.63) is 33.3 Å². The van der Waals surface area contributed by atoms with E-state index in [-0.39, 0.29) is 23.4 Å². The molecule has 0 fully saturated rings. The van der Waals surface area contributed by atoms with Crippen LogP contribution in [0.1, 0.15) is 34.4 Å². The Labute approximate surface area is 144 Å². The largest absolute Gasteiger partial charge is 0.361 e. The van der Waals surface area contributed by atoms with Gasteiger partial charge in [-0.1, -0.05) is 5.16 Å². The fourth-order valence-electron chi connectivity index (χ4n) is 2.86. The highest BCUT2D eigenvalue weighted by Gasteiger charge is 2.36. The second-order valence-electron chi connectivity index (χ2n) is 5.86. The lowest BCUT2D eigenvalue weighted by atomic mass is 10.1. The van der Waals surface area contributed by atoms with E-state index in [4.69, 9.17) is 4.52 Å². The van der Waals surface area contributed by atoms with Crippen LogP contribution in [0.25, 0.3) is 0 Å². The van der Waals surface area contributed by atoms with Gasteiger partial charge in [0.2, 0.25) is 15.9 Å². The van der Waals surface area contributed by atoms with E-state index in [2.05, 4.69) is 10.5 Å². The van der Waals surface area contributed by atoms with Gasteiger partial charge in [0, 0.05) is 30.5 Å². The number of nitrogens with zero attached hydrogens (tertiary/aromatic N) is 2. The number of amides is 1. The molecule has 0 saturated heterocycles. The third-order valence-corrected chi connectivity index (χ3v) is 7.26. The van der Waals surface area contributed by atoms with Crippen LogP contribution in [0.2, 0.25) is 0 Å². The number of carbonyl (C=O) groups excluding carboxylic acids is 1. The summed E-state index contributed by atoms with van der Waals surface area (Å²) in [7, 11) is -1.91. The normalized spacial score (nSPS) is 19.9. The van der Waals surface area contributed by atoms with E-state index in [0.717, 1.165) is 17.0 Å². The molecule has 3 rings (SSSR count). The van der Waals surface area contributed by atoms with Crippen LogP contribution in [0.15, 0.2) is 20.9 Å². The first-order chi connectivity index (χ1) is 11.3. The van der Waals surface area contributed by atoms with Crippen LogP contribution in [-0.2, 0) is 21.2 Å². The molecule has 2 aromatic rings. The van der Waals surface area contributed by atoms with Crippen molar-refractivity contribution in [3.8, 4) is 0 Å². The molecule has 1 atom stereocenters. The second-order valence-corrected chi connectivity index (χ2v) is 8.82. The van der Waals surface area contributed by atoms with Crippen molar-refractivity contribution < 1.29 is 17.7 Å². The van der Waals surface area contributed by atoms with Gasteiger partial charge in [-0.05, 0) is 31.7 Å². The quantitative estimate of drug-likeness (QED) is 0.887. The van der Waals surface area contributed by atoms with Gasteiger partial charge in [-0.25, -0.2) is 8.42 Å². The Hall–Kier alpha value is -1.71. The molecular formula is C15H19N3O4S2. The second kappa shape index (κ2) is 6.30. The summed E-state index contributed by atoms with van der Waals surface area (Å²) in [6, 6.07) is 1.28. The molecule has 130 valence electrons. The van der Waals surface area contributed by atoms with Crippen molar-refractivity contribution in [1.29, 1.82) is 0 Å². The van der Waals surface area contributed by atoms with Gasteiger partial charge >= 0.3 is 0 Å². The summed E-state index contributed by atoms with van der Waals surface area (Å²) in [5.41, 5.74) is 1.75. The van der Waals surface area contributed by atoms with Crippen molar-refractivity contribution in [1.82, 2.24) is 14.8 Å². The number of likely N-dealkylation sites (N-methyl/N-ethyl adjacent to an activating group) is 1. The van der Waals surface area contributed by atoms with Crippen molar-refractivity contribution >= 4 is 27.3 Å². The highest BCUT2D eigenvalue weighted by atomic mass is 32.2. The molecule has 0 saturated carbocycles. The van der Waals surface area contributed by atoms with Gasteiger partial charge in [0.15, 0.2) is 0 Å². The summed E-state index contributed by atoms with van der Waals surface area (Å²) in [4.78, 5) is 13.3. The topological polar surface area (TPSA) is 92.5 Å². The summed E-state index contributed by atoms with van der Waals surface area (Å²) in [6.45, 7) is 3.92. The average molecular weight is 369 g/mol. The monoisotopic (exact) mass is 369 g/mol. The molecule has 0 bridgehead atoms. The number of hydrogen-bond donors (Lipinski definition) is 1. The number of aryl methyl sites for hydroxylation is 2. The molecule has 9 heteroatoms. The Kier molecular flexibility index (Phi) is 4.50. The average Bonchev–Trinajstić information content (AvgIpc) is 3.12. The molecule has 1 N–H and O–H groups in total. The van der Waals surface area contributed by atoms with E-state index < -0.39 is 10.0 Å². The lowest BCUT2D eigenvalue weighted by Gasteiger charge is -2.29. The van der Waals surface area contributed by atoms with E-state index in [1.54, 1.807) is 11.4 Å². The van der Waals surface area contributed by atoms with E-state index in [1.807, 2.05) is 13.8 Å². The van der Waals surface area contributed by atoms with Crippen LogP contribution in [0.4, 0.5) is 0 Å². The maximum Gasteiger partial charge on any atom is 0.244 e. The van der Waals surface area contributed by atoms with E-state index in [9.17, 15) is 13.2 Å². The van der Waals surface area contributed by atoms with Gasteiger partial charge in [0.25, 0.3) is 0 Å². The van der Waals surface area contributed by atoms with Crippen LogP contribution in [-0.4, -0.2) is 37.4 Å². The molecule has 24 heavy (non-hydrogen) atoms. The molecule has 1 aliphatic rings. The van der Waals surface area contributed by atoms with Gasteiger partial charge in [-0.15, -0.1) is 11.3 Å². The highest BCUT2D eigenvalue weighted by Crippen LogP contribution is 2.35.